The highest BCUT2D eigenvalue weighted by Gasteiger charge is 2.33. The van der Waals surface area contributed by atoms with Crippen molar-refractivity contribution in [3.05, 3.63) is 23.4 Å². The molecule has 0 bridgehead atoms. The Balaban J connectivity index is 1.32. The Morgan fingerprint density at radius 3 is 2.74 bits per heavy atom. The van der Waals surface area contributed by atoms with Gasteiger partial charge in [-0.05, 0) is 37.1 Å². The topological polar surface area (TPSA) is 115 Å². The second-order valence-electron chi connectivity index (χ2n) is 6.55. The summed E-state index contributed by atoms with van der Waals surface area (Å²) < 4.78 is 37.8. The first-order chi connectivity index (χ1) is 13.0. The molecular weight excluding hydrogens is 392 g/mol. The Kier molecular flexibility index (Phi) is 5.26. The summed E-state index contributed by atoms with van der Waals surface area (Å²) >= 11 is 1.20. The number of rotatable bonds is 5. The van der Waals surface area contributed by atoms with E-state index in [4.69, 9.17) is 9.15 Å². The van der Waals surface area contributed by atoms with Gasteiger partial charge in [0.15, 0.2) is 0 Å². The monoisotopic (exact) mass is 412 g/mol. The summed E-state index contributed by atoms with van der Waals surface area (Å²) in [6.45, 7) is 1.29. The Hall–Kier alpha value is -1.82. The number of hydrogen-bond acceptors (Lipinski definition) is 8. The smallest absolute Gasteiger partial charge is 0.322 e. The van der Waals surface area contributed by atoms with Crippen molar-refractivity contribution in [3.63, 3.8) is 0 Å². The van der Waals surface area contributed by atoms with Crippen LogP contribution in [0.15, 0.2) is 26.1 Å². The molecule has 1 atom stereocenters. The molecule has 2 aromatic rings. The van der Waals surface area contributed by atoms with Crippen LogP contribution in [0.5, 0.6) is 0 Å². The van der Waals surface area contributed by atoms with Crippen LogP contribution >= 0.6 is 11.3 Å². The van der Waals surface area contributed by atoms with Gasteiger partial charge < -0.3 is 9.15 Å². The minimum atomic E-state index is -3.47. The number of sulfonamides is 1. The fourth-order valence-electron chi connectivity index (χ4n) is 3.29. The fraction of sp³-hybridized carbons (Fsp3) is 0.562. The maximum Gasteiger partial charge on any atom is 0.322 e. The Bertz CT molecular complexity index is 882. The van der Waals surface area contributed by atoms with E-state index in [0.29, 0.717) is 42.6 Å². The summed E-state index contributed by atoms with van der Waals surface area (Å²) in [5.41, 5.74) is 0. The number of hydrogen-bond donors (Lipinski definition) is 1. The van der Waals surface area contributed by atoms with Crippen molar-refractivity contribution in [2.24, 2.45) is 5.92 Å². The summed E-state index contributed by atoms with van der Waals surface area (Å²) in [5.74, 6) is -0.150. The number of aromatic nitrogens is 2. The van der Waals surface area contributed by atoms with Gasteiger partial charge in [-0.1, -0.05) is 11.2 Å². The van der Waals surface area contributed by atoms with Crippen LogP contribution < -0.4 is 5.32 Å². The molecule has 0 radical (unpaired) electrons. The van der Waals surface area contributed by atoms with E-state index in [9.17, 15) is 13.2 Å². The molecule has 2 aromatic heterocycles. The number of thiophene rings is 1. The first-order valence-corrected chi connectivity index (χ1v) is 11.2. The third-order valence-corrected chi connectivity index (χ3v) is 8.06. The number of piperidine rings is 1. The van der Waals surface area contributed by atoms with Gasteiger partial charge in [0, 0.05) is 25.6 Å². The van der Waals surface area contributed by atoms with Gasteiger partial charge in [-0.3, -0.25) is 10.1 Å². The van der Waals surface area contributed by atoms with E-state index in [1.165, 1.54) is 15.6 Å². The van der Waals surface area contributed by atoms with E-state index >= 15 is 0 Å². The first-order valence-electron chi connectivity index (χ1n) is 8.83. The average Bonchev–Trinajstić information content (AvgIpc) is 3.42. The molecule has 4 rings (SSSR count). The maximum absolute atomic E-state index is 12.5. The highest BCUT2D eigenvalue weighted by molar-refractivity contribution is 7.91. The van der Waals surface area contributed by atoms with Crippen molar-refractivity contribution >= 4 is 33.3 Å². The lowest BCUT2D eigenvalue weighted by atomic mass is 9.97. The molecule has 0 aliphatic carbocycles. The lowest BCUT2D eigenvalue weighted by Crippen LogP contribution is -2.41. The van der Waals surface area contributed by atoms with Crippen molar-refractivity contribution in [2.45, 2.75) is 36.0 Å². The molecule has 0 unspecified atom stereocenters. The Labute approximate surface area is 160 Å². The molecule has 1 amide bonds. The zero-order valence-electron chi connectivity index (χ0n) is 14.5. The third kappa shape index (κ3) is 3.91. The predicted octanol–water partition coefficient (Wildman–Crippen LogP) is 2.02. The molecule has 2 saturated heterocycles. The van der Waals surface area contributed by atoms with E-state index in [1.54, 1.807) is 17.5 Å². The largest absolute Gasteiger partial charge is 0.405 e. The summed E-state index contributed by atoms with van der Waals surface area (Å²) in [4.78, 5) is 12.4. The number of nitrogens with one attached hydrogen (secondary N) is 1. The van der Waals surface area contributed by atoms with Gasteiger partial charge in [-0.2, -0.15) is 4.31 Å². The molecule has 0 spiro atoms. The van der Waals surface area contributed by atoms with Crippen molar-refractivity contribution in [3.8, 4) is 0 Å². The van der Waals surface area contributed by atoms with E-state index in [0.717, 1.165) is 12.8 Å². The van der Waals surface area contributed by atoms with E-state index in [2.05, 4.69) is 15.5 Å². The number of carbonyl (C=O) groups excluding carboxylic acids is 1. The quantitative estimate of drug-likeness (QED) is 0.799. The molecule has 1 N–H and O–H groups in total. The number of anilines is 1. The SMILES string of the molecule is O=C(Nc1nnc([C@H]2CCCO2)o1)C1CCN(S(=O)(=O)c2cccs2)CC1. The van der Waals surface area contributed by atoms with Gasteiger partial charge in [-0.25, -0.2) is 8.42 Å². The molecule has 0 saturated carbocycles. The molecule has 4 heterocycles. The molecule has 146 valence electrons. The normalized spacial score (nSPS) is 22.1. The van der Waals surface area contributed by atoms with Crippen LogP contribution in [0.25, 0.3) is 0 Å². The highest BCUT2D eigenvalue weighted by atomic mass is 32.2. The molecule has 2 fully saturated rings. The number of carbonyl (C=O) groups is 1. The van der Waals surface area contributed by atoms with E-state index in [1.807, 2.05) is 0 Å². The van der Waals surface area contributed by atoms with Crippen molar-refractivity contribution in [1.29, 1.82) is 0 Å². The first kappa shape index (κ1) is 18.5. The van der Waals surface area contributed by atoms with Crippen molar-refractivity contribution in [2.75, 3.05) is 25.0 Å². The molecule has 2 aliphatic rings. The van der Waals surface area contributed by atoms with Gasteiger partial charge in [0.05, 0.1) is 0 Å². The standard InChI is InChI=1S/C16H20N4O5S2/c21-14(17-16-19-18-15(25-16)12-3-1-9-24-12)11-5-7-20(8-6-11)27(22,23)13-4-2-10-26-13/h2,4,10-12H,1,3,5-9H2,(H,17,19,21)/t12-/m1/s1. The Morgan fingerprint density at radius 2 is 2.07 bits per heavy atom. The highest BCUT2D eigenvalue weighted by Crippen LogP contribution is 2.29. The zero-order chi connectivity index (χ0) is 18.9. The van der Waals surface area contributed by atoms with Gasteiger partial charge in [-0.15, -0.1) is 16.4 Å². The van der Waals surface area contributed by atoms with Crippen LogP contribution in [-0.4, -0.2) is 48.5 Å². The summed E-state index contributed by atoms with van der Waals surface area (Å²) in [7, 11) is -3.47. The van der Waals surface area contributed by atoms with Gasteiger partial charge in [0.1, 0.15) is 10.3 Å². The molecule has 27 heavy (non-hydrogen) atoms. The fourth-order valence-corrected chi connectivity index (χ4v) is 5.91. The summed E-state index contributed by atoms with van der Waals surface area (Å²) in [6.07, 6.45) is 2.47. The predicted molar refractivity (Wildman–Crippen MR) is 96.7 cm³/mol. The lowest BCUT2D eigenvalue weighted by molar-refractivity contribution is -0.121. The number of amides is 1. The molecule has 2 aliphatic heterocycles. The third-order valence-electron chi connectivity index (χ3n) is 4.79. The number of nitrogens with zero attached hydrogens (tertiary/aromatic N) is 3. The van der Waals surface area contributed by atoms with Crippen LogP contribution in [0.4, 0.5) is 6.01 Å². The number of ether oxygens (including phenoxy) is 1. The summed E-state index contributed by atoms with van der Waals surface area (Å²) in [6, 6.07) is 3.37. The van der Waals surface area contributed by atoms with Gasteiger partial charge >= 0.3 is 6.01 Å². The van der Waals surface area contributed by atoms with Crippen LogP contribution in [-0.2, 0) is 19.6 Å². The zero-order valence-corrected chi connectivity index (χ0v) is 16.2. The Morgan fingerprint density at radius 1 is 1.26 bits per heavy atom. The van der Waals surface area contributed by atoms with Crippen molar-refractivity contribution < 1.29 is 22.4 Å². The van der Waals surface area contributed by atoms with E-state index < -0.39 is 10.0 Å². The van der Waals surface area contributed by atoms with Crippen molar-refractivity contribution in [1.82, 2.24) is 14.5 Å². The van der Waals surface area contributed by atoms with Crippen LogP contribution in [0, 0.1) is 5.92 Å². The lowest BCUT2D eigenvalue weighted by Gasteiger charge is -2.29. The molecule has 11 heteroatoms. The van der Waals surface area contributed by atoms with E-state index in [-0.39, 0.29) is 23.9 Å². The minimum Gasteiger partial charge on any atom is -0.405 e. The van der Waals surface area contributed by atoms with Gasteiger partial charge in [0.25, 0.3) is 10.0 Å². The molecule has 0 aromatic carbocycles. The van der Waals surface area contributed by atoms with Crippen LogP contribution in [0.1, 0.15) is 37.7 Å². The van der Waals surface area contributed by atoms with Gasteiger partial charge in [0.2, 0.25) is 11.8 Å². The molecule has 9 nitrogen and oxygen atoms in total. The second kappa shape index (κ2) is 7.66. The van der Waals surface area contributed by atoms with Crippen LogP contribution in [0.2, 0.25) is 0 Å². The summed E-state index contributed by atoms with van der Waals surface area (Å²) in [5, 5.41) is 12.2. The van der Waals surface area contributed by atoms with Crippen LogP contribution in [0.3, 0.4) is 0 Å². The minimum absolute atomic E-state index is 0.0548. The molecular formula is C16H20N4O5S2. The maximum atomic E-state index is 12.5. The average molecular weight is 412 g/mol. The second-order valence-corrected chi connectivity index (χ2v) is 9.66.